The van der Waals surface area contributed by atoms with E-state index in [0.717, 1.165) is 23.4 Å². The molecule has 0 bridgehead atoms. The van der Waals surface area contributed by atoms with Crippen LogP contribution in [0.1, 0.15) is 20.3 Å². The van der Waals surface area contributed by atoms with Gasteiger partial charge in [0, 0.05) is 35.1 Å². The van der Waals surface area contributed by atoms with E-state index in [1.54, 1.807) is 31.6 Å². The fraction of sp³-hybridized carbons (Fsp3) is 0.250. The van der Waals surface area contributed by atoms with Crippen molar-refractivity contribution in [3.63, 3.8) is 0 Å². The second kappa shape index (κ2) is 8.68. The van der Waals surface area contributed by atoms with Gasteiger partial charge in [0.2, 0.25) is 5.95 Å². The molecule has 0 saturated heterocycles. The van der Waals surface area contributed by atoms with Crippen LogP contribution >= 0.6 is 11.6 Å². The van der Waals surface area contributed by atoms with Crippen molar-refractivity contribution in [2.24, 2.45) is 0 Å². The molecule has 3 aromatic rings. The van der Waals surface area contributed by atoms with E-state index >= 15 is 0 Å². The summed E-state index contributed by atoms with van der Waals surface area (Å²) < 4.78 is 5.41. The SMILES string of the molecule is CC[C@H](C)Nc1nc(Nc2cc(Cl)ccc2OC)cc(-c2ccncc2)n1. The van der Waals surface area contributed by atoms with Crippen LogP contribution in [0.2, 0.25) is 5.02 Å². The number of methoxy groups -OCH3 is 1. The Balaban J connectivity index is 2.01. The molecule has 2 aromatic heterocycles. The molecule has 0 unspecified atom stereocenters. The van der Waals surface area contributed by atoms with Gasteiger partial charge in [0.15, 0.2) is 0 Å². The molecule has 1 atom stereocenters. The summed E-state index contributed by atoms with van der Waals surface area (Å²) in [6.45, 7) is 4.20. The molecule has 0 fully saturated rings. The van der Waals surface area contributed by atoms with Gasteiger partial charge in [-0.3, -0.25) is 4.98 Å². The van der Waals surface area contributed by atoms with Crippen LogP contribution in [0.5, 0.6) is 5.75 Å². The van der Waals surface area contributed by atoms with Crippen molar-refractivity contribution < 1.29 is 4.74 Å². The van der Waals surface area contributed by atoms with Gasteiger partial charge >= 0.3 is 0 Å². The average Bonchev–Trinajstić information content (AvgIpc) is 2.68. The van der Waals surface area contributed by atoms with Crippen molar-refractivity contribution in [1.29, 1.82) is 0 Å². The molecule has 27 heavy (non-hydrogen) atoms. The predicted molar refractivity (Wildman–Crippen MR) is 110 cm³/mol. The van der Waals surface area contributed by atoms with E-state index in [-0.39, 0.29) is 6.04 Å². The van der Waals surface area contributed by atoms with Crippen molar-refractivity contribution in [3.8, 4) is 17.0 Å². The molecule has 0 amide bonds. The first-order valence-electron chi connectivity index (χ1n) is 8.75. The predicted octanol–water partition coefficient (Wildman–Crippen LogP) is 5.15. The standard InChI is InChI=1S/C20H22ClN5O/c1-4-13(2)23-20-25-16(14-7-9-22-10-8-14)12-19(26-20)24-17-11-15(21)5-6-18(17)27-3/h5-13H,4H2,1-3H3,(H2,23,24,25,26)/t13-/m0/s1. The van der Waals surface area contributed by atoms with Crippen LogP contribution < -0.4 is 15.4 Å². The molecular weight excluding hydrogens is 362 g/mol. The first kappa shape index (κ1) is 18.9. The third-order valence-electron chi connectivity index (χ3n) is 4.11. The number of halogens is 1. The molecule has 0 aliphatic rings. The van der Waals surface area contributed by atoms with Gasteiger partial charge in [0.1, 0.15) is 11.6 Å². The molecule has 2 N–H and O–H groups in total. The first-order chi connectivity index (χ1) is 13.1. The lowest BCUT2D eigenvalue weighted by Crippen LogP contribution is -2.16. The molecule has 6 nitrogen and oxygen atoms in total. The van der Waals surface area contributed by atoms with E-state index in [1.165, 1.54) is 0 Å². The largest absolute Gasteiger partial charge is 0.495 e. The topological polar surface area (TPSA) is 72.0 Å². The molecule has 1 aromatic carbocycles. The summed E-state index contributed by atoms with van der Waals surface area (Å²) in [6.07, 6.45) is 4.45. The van der Waals surface area contributed by atoms with Crippen LogP contribution in [0.15, 0.2) is 48.8 Å². The van der Waals surface area contributed by atoms with Crippen molar-refractivity contribution in [3.05, 3.63) is 53.8 Å². The summed E-state index contributed by atoms with van der Waals surface area (Å²) in [6, 6.07) is 11.4. The van der Waals surface area contributed by atoms with Crippen molar-refractivity contribution in [1.82, 2.24) is 15.0 Å². The van der Waals surface area contributed by atoms with Crippen LogP contribution in [0.4, 0.5) is 17.5 Å². The molecular formula is C20H22ClN5O. The Labute approximate surface area is 164 Å². The van der Waals surface area contributed by atoms with E-state index in [1.807, 2.05) is 24.3 Å². The molecule has 0 aliphatic carbocycles. The van der Waals surface area contributed by atoms with Crippen LogP contribution in [0, 0.1) is 0 Å². The lowest BCUT2D eigenvalue weighted by atomic mass is 10.2. The monoisotopic (exact) mass is 383 g/mol. The number of pyridine rings is 1. The summed E-state index contributed by atoms with van der Waals surface area (Å²) >= 11 is 6.14. The van der Waals surface area contributed by atoms with Gasteiger partial charge in [-0.05, 0) is 43.7 Å². The van der Waals surface area contributed by atoms with Crippen molar-refractivity contribution in [2.75, 3.05) is 17.7 Å². The number of nitrogens with one attached hydrogen (secondary N) is 2. The van der Waals surface area contributed by atoms with Crippen LogP contribution in [0.3, 0.4) is 0 Å². The zero-order valence-corrected chi connectivity index (χ0v) is 16.3. The van der Waals surface area contributed by atoms with Crippen LogP contribution in [0.25, 0.3) is 11.3 Å². The quantitative estimate of drug-likeness (QED) is 0.587. The molecule has 0 saturated carbocycles. The smallest absolute Gasteiger partial charge is 0.225 e. The summed E-state index contributed by atoms with van der Waals surface area (Å²) in [4.78, 5) is 13.3. The highest BCUT2D eigenvalue weighted by molar-refractivity contribution is 6.31. The molecule has 3 rings (SSSR count). The Kier molecular flexibility index (Phi) is 6.08. The lowest BCUT2D eigenvalue weighted by molar-refractivity contribution is 0.417. The van der Waals surface area contributed by atoms with Gasteiger partial charge < -0.3 is 15.4 Å². The van der Waals surface area contributed by atoms with E-state index in [0.29, 0.717) is 22.5 Å². The molecule has 0 aliphatic heterocycles. The summed E-state index contributed by atoms with van der Waals surface area (Å²) in [5.41, 5.74) is 2.49. The van der Waals surface area contributed by atoms with Crippen molar-refractivity contribution in [2.45, 2.75) is 26.3 Å². The van der Waals surface area contributed by atoms with Gasteiger partial charge in [0.25, 0.3) is 0 Å². The second-order valence-electron chi connectivity index (χ2n) is 6.12. The minimum absolute atomic E-state index is 0.256. The maximum absolute atomic E-state index is 6.14. The summed E-state index contributed by atoms with van der Waals surface area (Å²) in [5.74, 6) is 1.88. The van der Waals surface area contributed by atoms with Gasteiger partial charge in [-0.25, -0.2) is 4.98 Å². The normalized spacial score (nSPS) is 11.7. The highest BCUT2D eigenvalue weighted by atomic mass is 35.5. The number of nitrogens with zero attached hydrogens (tertiary/aromatic N) is 3. The van der Waals surface area contributed by atoms with E-state index in [4.69, 9.17) is 16.3 Å². The second-order valence-corrected chi connectivity index (χ2v) is 6.56. The number of hydrogen-bond donors (Lipinski definition) is 2. The maximum atomic E-state index is 6.14. The third kappa shape index (κ3) is 4.86. The highest BCUT2D eigenvalue weighted by Crippen LogP contribution is 2.31. The molecule has 2 heterocycles. The number of ether oxygens (including phenoxy) is 1. The molecule has 140 valence electrons. The molecule has 0 spiro atoms. The third-order valence-corrected chi connectivity index (χ3v) is 4.35. The number of benzene rings is 1. The van der Waals surface area contributed by atoms with Crippen molar-refractivity contribution >= 4 is 29.1 Å². The fourth-order valence-corrected chi connectivity index (χ4v) is 2.66. The first-order valence-corrected chi connectivity index (χ1v) is 9.13. The highest BCUT2D eigenvalue weighted by Gasteiger charge is 2.11. The summed E-state index contributed by atoms with van der Waals surface area (Å²) in [5, 5.41) is 7.23. The summed E-state index contributed by atoms with van der Waals surface area (Å²) in [7, 11) is 1.62. The van der Waals surface area contributed by atoms with E-state index in [9.17, 15) is 0 Å². The zero-order valence-electron chi connectivity index (χ0n) is 15.5. The Morgan fingerprint density at radius 3 is 2.59 bits per heavy atom. The van der Waals surface area contributed by atoms with Gasteiger partial charge in [-0.2, -0.15) is 4.98 Å². The minimum Gasteiger partial charge on any atom is -0.495 e. The van der Waals surface area contributed by atoms with Crippen LogP contribution in [-0.2, 0) is 0 Å². The Bertz CT molecular complexity index is 904. The molecule has 7 heteroatoms. The van der Waals surface area contributed by atoms with Crippen LogP contribution in [-0.4, -0.2) is 28.1 Å². The average molecular weight is 384 g/mol. The lowest BCUT2D eigenvalue weighted by Gasteiger charge is -2.15. The number of aromatic nitrogens is 3. The molecule has 0 radical (unpaired) electrons. The Morgan fingerprint density at radius 2 is 1.89 bits per heavy atom. The Hall–Kier alpha value is -2.86. The Morgan fingerprint density at radius 1 is 1.11 bits per heavy atom. The zero-order chi connectivity index (χ0) is 19.2. The van der Waals surface area contributed by atoms with Gasteiger partial charge in [0.05, 0.1) is 18.5 Å². The minimum atomic E-state index is 0.256. The number of anilines is 3. The number of rotatable bonds is 7. The fourth-order valence-electron chi connectivity index (χ4n) is 2.48. The number of hydrogen-bond acceptors (Lipinski definition) is 6. The maximum Gasteiger partial charge on any atom is 0.225 e. The van der Waals surface area contributed by atoms with Gasteiger partial charge in [-0.1, -0.05) is 18.5 Å². The van der Waals surface area contributed by atoms with E-state index < -0.39 is 0 Å². The van der Waals surface area contributed by atoms with Gasteiger partial charge in [-0.15, -0.1) is 0 Å². The van der Waals surface area contributed by atoms with E-state index in [2.05, 4.69) is 39.4 Å².